The first kappa shape index (κ1) is 8.44. The van der Waals surface area contributed by atoms with Crippen LogP contribution in [0.2, 0.25) is 0 Å². The summed E-state index contributed by atoms with van der Waals surface area (Å²) in [6.45, 7) is 0. The van der Waals surface area contributed by atoms with Crippen LogP contribution in [0.15, 0.2) is 18.3 Å². The zero-order chi connectivity index (χ0) is 9.31. The average Bonchev–Trinajstić information content (AvgIpc) is 2.06. The van der Waals surface area contributed by atoms with Gasteiger partial charge in [-0.15, -0.1) is 0 Å². The van der Waals surface area contributed by atoms with Crippen molar-refractivity contribution in [2.24, 2.45) is 5.73 Å². The van der Waals surface area contributed by atoms with Crippen LogP contribution in [0.5, 0.6) is 5.75 Å². The molecule has 0 atom stereocenters. The maximum Gasteiger partial charge on any atom is 0.213 e. The molecule has 1 fully saturated rings. The molecule has 1 aromatic heterocycles. The first-order valence-electron chi connectivity index (χ1n) is 4.27. The molecule has 3 nitrogen and oxygen atoms in total. The van der Waals surface area contributed by atoms with Gasteiger partial charge in [0.05, 0.1) is 6.20 Å². The molecule has 2 rings (SSSR count). The van der Waals surface area contributed by atoms with Gasteiger partial charge in [-0.2, -0.15) is 4.39 Å². The monoisotopic (exact) mass is 182 g/mol. The number of nitrogens with zero attached hydrogens (tertiary/aromatic N) is 1. The molecule has 0 aromatic carbocycles. The third-order valence-corrected chi connectivity index (χ3v) is 2.22. The fraction of sp³-hybridized carbons (Fsp3) is 0.444. The molecular formula is C9H11FN2O. The number of hydrogen-bond acceptors (Lipinski definition) is 3. The average molecular weight is 182 g/mol. The quantitative estimate of drug-likeness (QED) is 0.556. The molecule has 0 bridgehead atoms. The molecule has 0 amide bonds. The van der Waals surface area contributed by atoms with Gasteiger partial charge in [0.15, 0.2) is 5.72 Å². The van der Waals surface area contributed by atoms with Crippen LogP contribution in [0.25, 0.3) is 0 Å². The third-order valence-electron chi connectivity index (χ3n) is 2.22. The Morgan fingerprint density at radius 2 is 2.23 bits per heavy atom. The molecule has 2 N–H and O–H groups in total. The summed E-state index contributed by atoms with van der Waals surface area (Å²) in [5.74, 6) is 0.0237. The van der Waals surface area contributed by atoms with Gasteiger partial charge in [-0.25, -0.2) is 4.98 Å². The summed E-state index contributed by atoms with van der Waals surface area (Å²) in [7, 11) is 0. The molecule has 0 saturated heterocycles. The SMILES string of the molecule is NC1(Oc2ccc(F)nc2)CCC1. The zero-order valence-electron chi connectivity index (χ0n) is 7.16. The Bertz CT molecular complexity index is 295. The number of pyridine rings is 1. The topological polar surface area (TPSA) is 48.1 Å². The summed E-state index contributed by atoms with van der Waals surface area (Å²) >= 11 is 0. The van der Waals surface area contributed by atoms with Gasteiger partial charge in [-0.05, 0) is 18.6 Å². The second-order valence-electron chi connectivity index (χ2n) is 3.34. The number of halogens is 1. The van der Waals surface area contributed by atoms with Crippen molar-refractivity contribution >= 4 is 0 Å². The predicted molar refractivity (Wildman–Crippen MR) is 45.6 cm³/mol. The van der Waals surface area contributed by atoms with Gasteiger partial charge < -0.3 is 4.74 Å². The van der Waals surface area contributed by atoms with Crippen molar-refractivity contribution in [1.29, 1.82) is 0 Å². The minimum absolute atomic E-state index is 0.507. The Morgan fingerprint density at radius 3 is 2.69 bits per heavy atom. The van der Waals surface area contributed by atoms with Crippen molar-refractivity contribution in [3.8, 4) is 5.75 Å². The minimum atomic E-state index is -0.542. The van der Waals surface area contributed by atoms with Crippen molar-refractivity contribution in [2.45, 2.75) is 25.0 Å². The van der Waals surface area contributed by atoms with Gasteiger partial charge in [0.25, 0.3) is 0 Å². The Hall–Kier alpha value is -1.16. The van der Waals surface area contributed by atoms with Crippen LogP contribution in [0.3, 0.4) is 0 Å². The Labute approximate surface area is 75.7 Å². The van der Waals surface area contributed by atoms with Gasteiger partial charge in [0.1, 0.15) is 5.75 Å². The zero-order valence-corrected chi connectivity index (χ0v) is 7.16. The van der Waals surface area contributed by atoms with Gasteiger partial charge in [0, 0.05) is 12.8 Å². The lowest BCUT2D eigenvalue weighted by Gasteiger charge is -2.37. The van der Waals surface area contributed by atoms with E-state index in [1.165, 1.54) is 18.3 Å². The van der Waals surface area contributed by atoms with Crippen molar-refractivity contribution in [1.82, 2.24) is 4.98 Å². The Balaban J connectivity index is 2.05. The van der Waals surface area contributed by atoms with E-state index in [4.69, 9.17) is 10.5 Å². The number of rotatable bonds is 2. The summed E-state index contributed by atoms with van der Waals surface area (Å²) < 4.78 is 17.9. The maximum atomic E-state index is 12.4. The van der Waals surface area contributed by atoms with E-state index >= 15 is 0 Å². The second-order valence-corrected chi connectivity index (χ2v) is 3.34. The van der Waals surface area contributed by atoms with E-state index in [0.29, 0.717) is 5.75 Å². The summed E-state index contributed by atoms with van der Waals surface area (Å²) in [6, 6.07) is 2.80. The highest BCUT2D eigenvalue weighted by Gasteiger charge is 2.34. The summed E-state index contributed by atoms with van der Waals surface area (Å²) in [5, 5.41) is 0. The van der Waals surface area contributed by atoms with Crippen molar-refractivity contribution in [2.75, 3.05) is 0 Å². The molecule has 1 saturated carbocycles. The standard InChI is InChI=1S/C9H11FN2O/c10-8-3-2-7(6-12-8)13-9(11)4-1-5-9/h2-3,6H,1,4-5,11H2. The van der Waals surface area contributed by atoms with Crippen LogP contribution in [-0.2, 0) is 0 Å². The Kier molecular flexibility index (Phi) is 1.92. The normalized spacial score (nSPS) is 19.2. The summed E-state index contributed by atoms with van der Waals surface area (Å²) in [5.41, 5.74) is 5.29. The molecule has 1 aromatic rings. The molecule has 0 radical (unpaired) electrons. The number of aromatic nitrogens is 1. The smallest absolute Gasteiger partial charge is 0.213 e. The number of hydrogen-bond donors (Lipinski definition) is 1. The number of nitrogens with two attached hydrogens (primary N) is 1. The molecular weight excluding hydrogens is 171 g/mol. The van der Waals surface area contributed by atoms with Crippen LogP contribution in [0, 0.1) is 5.95 Å². The lowest BCUT2D eigenvalue weighted by atomic mass is 9.89. The molecule has 1 aliphatic rings. The second kappa shape index (κ2) is 2.96. The highest BCUT2D eigenvalue weighted by atomic mass is 19.1. The van der Waals surface area contributed by atoms with E-state index in [1.807, 2.05) is 0 Å². The molecule has 1 aliphatic carbocycles. The predicted octanol–water partition coefficient (Wildman–Crippen LogP) is 1.44. The first-order valence-corrected chi connectivity index (χ1v) is 4.27. The molecule has 0 spiro atoms. The van der Waals surface area contributed by atoms with E-state index in [1.54, 1.807) is 0 Å². The Morgan fingerprint density at radius 1 is 1.46 bits per heavy atom. The summed E-state index contributed by atoms with van der Waals surface area (Å²) in [6.07, 6.45) is 4.14. The van der Waals surface area contributed by atoms with Gasteiger partial charge in [-0.3, -0.25) is 5.73 Å². The lowest BCUT2D eigenvalue weighted by Crippen LogP contribution is -2.51. The first-order chi connectivity index (χ1) is 6.18. The maximum absolute atomic E-state index is 12.4. The van der Waals surface area contributed by atoms with Crippen LogP contribution in [0.4, 0.5) is 4.39 Å². The molecule has 1 heterocycles. The van der Waals surface area contributed by atoms with Crippen LogP contribution in [-0.4, -0.2) is 10.7 Å². The molecule has 0 unspecified atom stereocenters. The molecule has 13 heavy (non-hydrogen) atoms. The van der Waals surface area contributed by atoms with Crippen LogP contribution >= 0.6 is 0 Å². The molecule has 70 valence electrons. The molecule has 0 aliphatic heterocycles. The van der Waals surface area contributed by atoms with E-state index < -0.39 is 11.7 Å². The third kappa shape index (κ3) is 1.78. The van der Waals surface area contributed by atoms with Gasteiger partial charge >= 0.3 is 0 Å². The minimum Gasteiger partial charge on any atom is -0.471 e. The van der Waals surface area contributed by atoms with E-state index in [-0.39, 0.29) is 0 Å². The van der Waals surface area contributed by atoms with Crippen LogP contribution < -0.4 is 10.5 Å². The van der Waals surface area contributed by atoms with E-state index in [2.05, 4.69) is 4.98 Å². The van der Waals surface area contributed by atoms with Crippen molar-refractivity contribution in [3.05, 3.63) is 24.3 Å². The van der Waals surface area contributed by atoms with Gasteiger partial charge in [-0.1, -0.05) is 0 Å². The van der Waals surface area contributed by atoms with Gasteiger partial charge in [0.2, 0.25) is 5.95 Å². The van der Waals surface area contributed by atoms with Crippen molar-refractivity contribution in [3.63, 3.8) is 0 Å². The van der Waals surface area contributed by atoms with Crippen molar-refractivity contribution < 1.29 is 9.13 Å². The fourth-order valence-electron chi connectivity index (χ4n) is 1.28. The number of ether oxygens (including phenoxy) is 1. The largest absolute Gasteiger partial charge is 0.471 e. The highest BCUT2D eigenvalue weighted by molar-refractivity contribution is 5.17. The van der Waals surface area contributed by atoms with Crippen LogP contribution in [0.1, 0.15) is 19.3 Å². The fourth-order valence-corrected chi connectivity index (χ4v) is 1.28. The highest BCUT2D eigenvalue weighted by Crippen LogP contribution is 2.31. The lowest BCUT2D eigenvalue weighted by molar-refractivity contribution is -0.00133. The molecule has 4 heteroatoms. The summed E-state index contributed by atoms with van der Waals surface area (Å²) in [4.78, 5) is 3.47. The van der Waals surface area contributed by atoms with E-state index in [9.17, 15) is 4.39 Å². The van der Waals surface area contributed by atoms with E-state index in [0.717, 1.165) is 19.3 Å².